The number of nitrogens with one attached hydrogen (secondary N) is 3. The van der Waals surface area contributed by atoms with E-state index in [1.165, 1.54) is 6.26 Å². The van der Waals surface area contributed by atoms with E-state index in [1.807, 2.05) is 24.3 Å². The smallest absolute Gasteiger partial charge is 0.291 e. The summed E-state index contributed by atoms with van der Waals surface area (Å²) in [7, 11) is 0. The molecule has 3 rings (SSSR count). The number of rotatable bonds is 9. The summed E-state index contributed by atoms with van der Waals surface area (Å²) in [5, 5.41) is 8.65. The monoisotopic (exact) mass is 407 g/mol. The van der Waals surface area contributed by atoms with Gasteiger partial charge in [-0.3, -0.25) is 9.59 Å². The Hall–Kier alpha value is -3.74. The van der Waals surface area contributed by atoms with Gasteiger partial charge in [0.2, 0.25) is 5.91 Å². The van der Waals surface area contributed by atoms with E-state index in [4.69, 9.17) is 9.15 Å². The lowest BCUT2D eigenvalue weighted by Crippen LogP contribution is -2.22. The lowest BCUT2D eigenvalue weighted by Gasteiger charge is -2.14. The minimum atomic E-state index is -0.358. The van der Waals surface area contributed by atoms with E-state index in [1.54, 1.807) is 36.4 Å². The molecule has 0 aliphatic rings. The normalized spacial score (nSPS) is 10.5. The van der Waals surface area contributed by atoms with Gasteiger partial charge in [-0.1, -0.05) is 32.0 Å². The van der Waals surface area contributed by atoms with Gasteiger partial charge in [-0.05, 0) is 48.4 Å². The molecule has 0 spiro atoms. The number of ether oxygens (including phenoxy) is 1. The van der Waals surface area contributed by atoms with E-state index in [0.717, 1.165) is 5.69 Å². The molecular formula is C23H25N3O4. The summed E-state index contributed by atoms with van der Waals surface area (Å²) < 4.78 is 10.9. The number of carbonyl (C=O) groups excluding carboxylic acids is 2. The fourth-order valence-corrected chi connectivity index (χ4v) is 2.65. The summed E-state index contributed by atoms with van der Waals surface area (Å²) in [4.78, 5) is 24.4. The van der Waals surface area contributed by atoms with Gasteiger partial charge in [-0.15, -0.1) is 0 Å². The van der Waals surface area contributed by atoms with Crippen molar-refractivity contribution >= 4 is 28.9 Å². The predicted molar refractivity (Wildman–Crippen MR) is 117 cm³/mol. The Balaban J connectivity index is 1.55. The molecule has 7 nitrogen and oxygen atoms in total. The molecule has 0 saturated carbocycles. The zero-order valence-electron chi connectivity index (χ0n) is 17.0. The van der Waals surface area contributed by atoms with E-state index in [9.17, 15) is 9.59 Å². The largest absolute Gasteiger partial charge is 0.491 e. The first-order chi connectivity index (χ1) is 14.5. The van der Waals surface area contributed by atoms with Gasteiger partial charge in [0.05, 0.1) is 25.1 Å². The highest BCUT2D eigenvalue weighted by Crippen LogP contribution is 2.24. The van der Waals surface area contributed by atoms with Crippen LogP contribution in [0.2, 0.25) is 0 Å². The highest BCUT2D eigenvalue weighted by Gasteiger charge is 2.10. The van der Waals surface area contributed by atoms with Crippen LogP contribution in [0.1, 0.15) is 24.4 Å². The van der Waals surface area contributed by atoms with Crippen LogP contribution in [0.3, 0.4) is 0 Å². The Labute approximate surface area is 175 Å². The first kappa shape index (κ1) is 21.0. The van der Waals surface area contributed by atoms with Crippen LogP contribution in [0.15, 0.2) is 71.3 Å². The van der Waals surface area contributed by atoms with Crippen molar-refractivity contribution in [1.29, 1.82) is 0 Å². The number of anilines is 3. The average molecular weight is 407 g/mol. The molecule has 156 valence electrons. The molecule has 2 aromatic carbocycles. The van der Waals surface area contributed by atoms with Gasteiger partial charge in [0.15, 0.2) is 5.76 Å². The van der Waals surface area contributed by atoms with Gasteiger partial charge in [0, 0.05) is 11.4 Å². The highest BCUT2D eigenvalue weighted by atomic mass is 16.5. The summed E-state index contributed by atoms with van der Waals surface area (Å²) in [5.74, 6) is 0.752. The molecule has 0 saturated heterocycles. The zero-order chi connectivity index (χ0) is 21.3. The molecule has 1 heterocycles. The van der Waals surface area contributed by atoms with Crippen molar-refractivity contribution in [1.82, 2.24) is 0 Å². The van der Waals surface area contributed by atoms with Crippen LogP contribution in [0.25, 0.3) is 0 Å². The maximum Gasteiger partial charge on any atom is 0.291 e. The molecule has 0 atom stereocenters. The van der Waals surface area contributed by atoms with E-state index in [0.29, 0.717) is 29.6 Å². The molecule has 3 N–H and O–H groups in total. The van der Waals surface area contributed by atoms with Crippen LogP contribution in [0, 0.1) is 5.92 Å². The second kappa shape index (κ2) is 10.2. The molecular weight excluding hydrogens is 382 g/mol. The Morgan fingerprint density at radius 1 is 0.967 bits per heavy atom. The van der Waals surface area contributed by atoms with Crippen molar-refractivity contribution in [3.05, 3.63) is 72.7 Å². The van der Waals surface area contributed by atoms with Gasteiger partial charge >= 0.3 is 0 Å². The minimum absolute atomic E-state index is 0.0744. The van der Waals surface area contributed by atoms with Gasteiger partial charge < -0.3 is 25.1 Å². The minimum Gasteiger partial charge on any atom is -0.491 e. The Bertz CT molecular complexity index is 984. The topological polar surface area (TPSA) is 92.6 Å². The molecule has 0 aliphatic heterocycles. The van der Waals surface area contributed by atoms with Crippen molar-refractivity contribution < 1.29 is 18.7 Å². The third-order valence-electron chi connectivity index (χ3n) is 4.05. The molecule has 0 radical (unpaired) electrons. The molecule has 0 fully saturated rings. The number of carbonyl (C=O) groups is 2. The van der Waals surface area contributed by atoms with E-state index < -0.39 is 0 Å². The third kappa shape index (κ3) is 6.13. The van der Waals surface area contributed by atoms with Gasteiger partial charge in [-0.25, -0.2) is 0 Å². The standard InChI is InChI=1S/C23H25N3O4/c1-16(2)15-30-20-10-4-3-9-19(20)24-14-22(27)25-17-7-5-8-18(13-17)26-23(28)21-11-6-12-29-21/h3-13,16,24H,14-15H2,1-2H3,(H,25,27)(H,26,28). The van der Waals surface area contributed by atoms with Gasteiger partial charge in [-0.2, -0.15) is 0 Å². The number of hydrogen-bond donors (Lipinski definition) is 3. The van der Waals surface area contributed by atoms with Crippen LogP contribution >= 0.6 is 0 Å². The fourth-order valence-electron chi connectivity index (χ4n) is 2.65. The van der Waals surface area contributed by atoms with E-state index in [-0.39, 0.29) is 24.1 Å². The number of furan rings is 1. The lowest BCUT2D eigenvalue weighted by molar-refractivity contribution is -0.114. The summed E-state index contributed by atoms with van der Waals surface area (Å²) in [6.45, 7) is 4.83. The number of para-hydroxylation sites is 2. The maximum absolute atomic E-state index is 12.4. The molecule has 30 heavy (non-hydrogen) atoms. The van der Waals surface area contributed by atoms with Crippen molar-refractivity contribution in [2.45, 2.75) is 13.8 Å². The quantitative estimate of drug-likeness (QED) is 0.481. The Morgan fingerprint density at radius 3 is 2.47 bits per heavy atom. The van der Waals surface area contributed by atoms with Crippen LogP contribution in [-0.2, 0) is 4.79 Å². The highest BCUT2D eigenvalue weighted by molar-refractivity contribution is 6.02. The molecule has 3 aromatic rings. The number of benzene rings is 2. The number of amides is 2. The predicted octanol–water partition coefficient (Wildman–Crippen LogP) is 4.62. The van der Waals surface area contributed by atoms with Crippen LogP contribution in [0.5, 0.6) is 5.75 Å². The van der Waals surface area contributed by atoms with Gasteiger partial charge in [0.1, 0.15) is 5.75 Å². The van der Waals surface area contributed by atoms with Crippen molar-refractivity contribution in [3.8, 4) is 5.75 Å². The lowest BCUT2D eigenvalue weighted by atomic mass is 10.2. The van der Waals surface area contributed by atoms with Crippen LogP contribution in [0.4, 0.5) is 17.1 Å². The maximum atomic E-state index is 12.4. The molecule has 0 aliphatic carbocycles. The van der Waals surface area contributed by atoms with Crippen LogP contribution in [-0.4, -0.2) is 25.0 Å². The van der Waals surface area contributed by atoms with Crippen molar-refractivity contribution in [3.63, 3.8) is 0 Å². The Morgan fingerprint density at radius 2 is 1.73 bits per heavy atom. The van der Waals surface area contributed by atoms with Gasteiger partial charge in [0.25, 0.3) is 5.91 Å². The summed E-state index contributed by atoms with van der Waals surface area (Å²) in [5.41, 5.74) is 1.88. The van der Waals surface area contributed by atoms with E-state index >= 15 is 0 Å². The van der Waals surface area contributed by atoms with Crippen LogP contribution < -0.4 is 20.7 Å². The summed E-state index contributed by atoms with van der Waals surface area (Å²) in [6, 6.07) is 17.6. The number of hydrogen-bond acceptors (Lipinski definition) is 5. The first-order valence-corrected chi connectivity index (χ1v) is 9.71. The van der Waals surface area contributed by atoms with Crippen molar-refractivity contribution in [2.24, 2.45) is 5.92 Å². The molecule has 0 unspecified atom stereocenters. The average Bonchev–Trinajstić information content (AvgIpc) is 3.26. The fraction of sp³-hybridized carbons (Fsp3) is 0.217. The SMILES string of the molecule is CC(C)COc1ccccc1NCC(=O)Nc1cccc(NC(=O)c2ccco2)c1. The second-order valence-electron chi connectivity index (χ2n) is 7.11. The van der Waals surface area contributed by atoms with Crippen molar-refractivity contribution in [2.75, 3.05) is 29.1 Å². The summed E-state index contributed by atoms with van der Waals surface area (Å²) >= 11 is 0. The van der Waals surface area contributed by atoms with E-state index in [2.05, 4.69) is 29.8 Å². The first-order valence-electron chi connectivity index (χ1n) is 9.71. The molecule has 1 aromatic heterocycles. The second-order valence-corrected chi connectivity index (χ2v) is 7.11. The molecule has 2 amide bonds. The zero-order valence-corrected chi connectivity index (χ0v) is 17.0. The summed E-state index contributed by atoms with van der Waals surface area (Å²) in [6.07, 6.45) is 1.44. The third-order valence-corrected chi connectivity index (χ3v) is 4.05. The Kier molecular flexibility index (Phi) is 7.10. The molecule has 0 bridgehead atoms. The molecule has 7 heteroatoms.